The zero-order valence-corrected chi connectivity index (χ0v) is 22.0. The van der Waals surface area contributed by atoms with Crippen LogP contribution in [-0.2, 0) is 19.6 Å². The molecule has 0 saturated heterocycles. The smallest absolute Gasteiger partial charge is 0.247 e. The number of carbonyl (C=O) groups excluding carboxylic acids is 1. The van der Waals surface area contributed by atoms with Crippen LogP contribution in [0.4, 0.5) is 0 Å². The lowest BCUT2D eigenvalue weighted by molar-refractivity contribution is -0.136. The van der Waals surface area contributed by atoms with E-state index in [2.05, 4.69) is 11.8 Å². The van der Waals surface area contributed by atoms with E-state index in [0.717, 1.165) is 25.7 Å². The summed E-state index contributed by atoms with van der Waals surface area (Å²) in [7, 11) is -0.569. The Bertz CT molecular complexity index is 1040. The molecular formula is C26H38N2O6S. The van der Waals surface area contributed by atoms with Crippen molar-refractivity contribution < 1.29 is 27.8 Å². The summed E-state index contributed by atoms with van der Waals surface area (Å²) in [5.41, 5.74) is 0.608. The number of aliphatic hydroxyl groups excluding tert-OH is 1. The maximum atomic E-state index is 13.6. The van der Waals surface area contributed by atoms with Crippen LogP contribution < -0.4 is 4.74 Å². The van der Waals surface area contributed by atoms with Crippen molar-refractivity contribution in [3.63, 3.8) is 0 Å². The normalized spacial score (nSPS) is 23.6. The third-order valence-corrected chi connectivity index (χ3v) is 8.92. The van der Waals surface area contributed by atoms with Crippen LogP contribution in [0.25, 0.3) is 0 Å². The highest BCUT2D eigenvalue weighted by molar-refractivity contribution is 7.89. The highest BCUT2D eigenvalue weighted by Crippen LogP contribution is 2.34. The Morgan fingerprint density at radius 2 is 2.03 bits per heavy atom. The Balaban J connectivity index is 1.96. The monoisotopic (exact) mass is 506 g/mol. The third-order valence-electron chi connectivity index (χ3n) is 6.90. The molecule has 0 unspecified atom stereocenters. The van der Waals surface area contributed by atoms with Gasteiger partial charge in [-0.2, -0.15) is 4.31 Å². The van der Waals surface area contributed by atoms with E-state index < -0.39 is 22.2 Å². The van der Waals surface area contributed by atoms with E-state index in [0.29, 0.717) is 12.1 Å². The minimum absolute atomic E-state index is 0.0354. The van der Waals surface area contributed by atoms with Gasteiger partial charge in [0.1, 0.15) is 23.4 Å². The lowest BCUT2D eigenvalue weighted by Crippen LogP contribution is -2.50. The second kappa shape index (κ2) is 12.2. The number of fused-ring (bicyclic) bond motifs is 1. The number of benzene rings is 1. The lowest BCUT2D eigenvalue weighted by Gasteiger charge is -2.38. The van der Waals surface area contributed by atoms with Gasteiger partial charge in [-0.1, -0.05) is 38.0 Å². The van der Waals surface area contributed by atoms with Crippen molar-refractivity contribution in [2.75, 3.05) is 40.5 Å². The standard InChI is InChI=1S/C26H38N2O6S/c1-19-16-28(20(2)18-29)35(31,32)25-13-12-21(9-8-14-33-4)15-23(25)34-24(19)17-27(3)26(30)22-10-6-5-7-11-22/h12-13,15,19-20,22,24,29H,5-7,10-11,14,16-18H2,1-4H3/t19-,20-,24+/m0/s1. The van der Waals surface area contributed by atoms with Gasteiger partial charge >= 0.3 is 0 Å². The molecule has 1 amide bonds. The van der Waals surface area contributed by atoms with Crippen molar-refractivity contribution in [3.8, 4) is 17.6 Å². The minimum Gasteiger partial charge on any atom is -0.487 e. The van der Waals surface area contributed by atoms with Gasteiger partial charge < -0.3 is 19.5 Å². The predicted octanol–water partition coefficient (Wildman–Crippen LogP) is 2.49. The molecule has 1 heterocycles. The molecule has 1 aliphatic carbocycles. The average molecular weight is 507 g/mol. The molecule has 1 aromatic carbocycles. The van der Waals surface area contributed by atoms with Gasteiger partial charge in [0, 0.05) is 44.1 Å². The molecule has 0 radical (unpaired) electrons. The summed E-state index contributed by atoms with van der Waals surface area (Å²) in [6.07, 6.45) is 4.72. The van der Waals surface area contributed by atoms with E-state index in [1.54, 1.807) is 38.1 Å². The first kappa shape index (κ1) is 27.5. The van der Waals surface area contributed by atoms with E-state index >= 15 is 0 Å². The number of methoxy groups -OCH3 is 1. The van der Waals surface area contributed by atoms with Gasteiger partial charge in [0.05, 0.1) is 13.2 Å². The van der Waals surface area contributed by atoms with Crippen molar-refractivity contribution in [2.45, 2.75) is 63.0 Å². The fourth-order valence-corrected chi connectivity index (χ4v) is 6.58. The van der Waals surface area contributed by atoms with Crippen molar-refractivity contribution in [2.24, 2.45) is 11.8 Å². The molecular weight excluding hydrogens is 468 g/mol. The number of nitrogens with zero attached hydrogens (tertiary/aromatic N) is 2. The van der Waals surface area contributed by atoms with Gasteiger partial charge in [-0.05, 0) is 38.0 Å². The number of ether oxygens (including phenoxy) is 2. The Hall–Kier alpha value is -2.12. The maximum absolute atomic E-state index is 13.6. The summed E-state index contributed by atoms with van der Waals surface area (Å²) in [6, 6.07) is 4.17. The van der Waals surface area contributed by atoms with Gasteiger partial charge in [0.25, 0.3) is 0 Å². The van der Waals surface area contributed by atoms with Crippen LogP contribution in [0, 0.1) is 23.7 Å². The van der Waals surface area contributed by atoms with Crippen molar-refractivity contribution >= 4 is 15.9 Å². The van der Waals surface area contributed by atoms with Crippen molar-refractivity contribution in [1.29, 1.82) is 0 Å². The van der Waals surface area contributed by atoms with Crippen molar-refractivity contribution in [1.82, 2.24) is 9.21 Å². The topological polar surface area (TPSA) is 96.4 Å². The molecule has 0 bridgehead atoms. The molecule has 9 heteroatoms. The van der Waals surface area contributed by atoms with Gasteiger partial charge in [-0.3, -0.25) is 4.79 Å². The maximum Gasteiger partial charge on any atom is 0.247 e. The summed E-state index contributed by atoms with van der Waals surface area (Å²) in [4.78, 5) is 14.9. The van der Waals surface area contributed by atoms with Crippen LogP contribution in [0.3, 0.4) is 0 Å². The summed E-state index contributed by atoms with van der Waals surface area (Å²) in [6.45, 7) is 4.08. The van der Waals surface area contributed by atoms with E-state index in [4.69, 9.17) is 9.47 Å². The van der Waals surface area contributed by atoms with Gasteiger partial charge in [0.2, 0.25) is 15.9 Å². The molecule has 35 heavy (non-hydrogen) atoms. The Morgan fingerprint density at radius 1 is 1.31 bits per heavy atom. The molecule has 194 valence electrons. The van der Waals surface area contributed by atoms with Gasteiger partial charge in [-0.15, -0.1) is 0 Å². The quantitative estimate of drug-likeness (QED) is 0.596. The largest absolute Gasteiger partial charge is 0.487 e. The van der Waals surface area contributed by atoms with E-state index in [1.807, 2.05) is 6.92 Å². The van der Waals surface area contributed by atoms with Crippen LogP contribution in [0.1, 0.15) is 51.5 Å². The zero-order chi connectivity index (χ0) is 25.6. The number of carbonyl (C=O) groups is 1. The second-order valence-corrected chi connectivity index (χ2v) is 11.5. The predicted molar refractivity (Wildman–Crippen MR) is 133 cm³/mol. The van der Waals surface area contributed by atoms with E-state index in [9.17, 15) is 18.3 Å². The first-order valence-corrected chi connectivity index (χ1v) is 13.8. The second-order valence-electron chi connectivity index (χ2n) is 9.69. The molecule has 0 spiro atoms. The summed E-state index contributed by atoms with van der Waals surface area (Å²) in [5, 5.41) is 9.79. The molecule has 1 saturated carbocycles. The number of sulfonamides is 1. The highest BCUT2D eigenvalue weighted by Gasteiger charge is 2.38. The fraction of sp³-hybridized carbons (Fsp3) is 0.654. The Labute approximate surface area is 209 Å². The molecule has 2 aliphatic rings. The molecule has 0 aromatic heterocycles. The van der Waals surface area contributed by atoms with Crippen LogP contribution >= 0.6 is 0 Å². The third kappa shape index (κ3) is 6.56. The first-order chi connectivity index (χ1) is 16.7. The molecule has 8 nitrogen and oxygen atoms in total. The van der Waals surface area contributed by atoms with Crippen LogP contribution in [0.15, 0.2) is 23.1 Å². The molecule has 1 fully saturated rings. The van der Waals surface area contributed by atoms with E-state index in [1.165, 1.54) is 16.8 Å². The SMILES string of the molecule is COCC#Cc1ccc2c(c1)O[C@H](CN(C)C(=O)C1CCCCC1)[C@@H](C)CN([C@@H](C)CO)S2(=O)=O. The molecule has 3 rings (SSSR count). The van der Waals surface area contributed by atoms with Gasteiger partial charge in [0.15, 0.2) is 0 Å². The number of hydrogen-bond acceptors (Lipinski definition) is 6. The lowest BCUT2D eigenvalue weighted by atomic mass is 9.88. The zero-order valence-electron chi connectivity index (χ0n) is 21.2. The van der Waals surface area contributed by atoms with Crippen LogP contribution in [0.5, 0.6) is 5.75 Å². The van der Waals surface area contributed by atoms with Crippen LogP contribution in [0.2, 0.25) is 0 Å². The van der Waals surface area contributed by atoms with Gasteiger partial charge in [-0.25, -0.2) is 8.42 Å². The first-order valence-electron chi connectivity index (χ1n) is 12.3. The highest BCUT2D eigenvalue weighted by atomic mass is 32.2. The number of aliphatic hydroxyl groups is 1. The molecule has 1 N–H and O–H groups in total. The minimum atomic E-state index is -3.92. The number of likely N-dealkylation sites (N-methyl/N-ethyl adjacent to an activating group) is 1. The summed E-state index contributed by atoms with van der Waals surface area (Å²) >= 11 is 0. The number of amides is 1. The molecule has 1 aliphatic heterocycles. The summed E-state index contributed by atoms with van der Waals surface area (Å²) < 4.78 is 39.8. The van der Waals surface area contributed by atoms with Crippen molar-refractivity contribution in [3.05, 3.63) is 23.8 Å². The van der Waals surface area contributed by atoms with E-state index in [-0.39, 0.29) is 48.1 Å². The molecule has 3 atom stereocenters. The molecule has 1 aromatic rings. The Morgan fingerprint density at radius 3 is 2.69 bits per heavy atom. The fourth-order valence-electron chi connectivity index (χ4n) is 4.75. The average Bonchev–Trinajstić information content (AvgIpc) is 2.85. The summed E-state index contributed by atoms with van der Waals surface area (Å²) in [5.74, 6) is 5.98. The number of rotatable bonds is 6. The van der Waals surface area contributed by atoms with Crippen LogP contribution in [-0.4, -0.2) is 81.2 Å². The Kier molecular flexibility index (Phi) is 9.59. The number of hydrogen-bond donors (Lipinski definition) is 1.